The van der Waals surface area contributed by atoms with Crippen molar-refractivity contribution in [3.05, 3.63) is 30.0 Å². The molecule has 0 bridgehead atoms. The SMILES string of the molecule is CCOc1ccccc1-c1sc(N)nc1C. The molecule has 0 fully saturated rings. The van der Waals surface area contributed by atoms with Crippen LogP contribution in [0.1, 0.15) is 12.6 Å². The van der Waals surface area contributed by atoms with E-state index < -0.39 is 0 Å². The summed E-state index contributed by atoms with van der Waals surface area (Å²) in [5.41, 5.74) is 7.73. The van der Waals surface area contributed by atoms with Gasteiger partial charge in [-0.25, -0.2) is 4.98 Å². The van der Waals surface area contributed by atoms with Gasteiger partial charge in [0.1, 0.15) is 5.75 Å². The Morgan fingerprint density at radius 3 is 2.75 bits per heavy atom. The first-order valence-corrected chi connectivity index (χ1v) is 5.99. The van der Waals surface area contributed by atoms with Crippen molar-refractivity contribution >= 4 is 16.5 Å². The molecule has 2 rings (SSSR count). The Kier molecular flexibility index (Phi) is 3.10. The van der Waals surface area contributed by atoms with Crippen LogP contribution in [-0.2, 0) is 0 Å². The Bertz CT molecular complexity index is 494. The van der Waals surface area contributed by atoms with Gasteiger partial charge in [-0.15, -0.1) is 0 Å². The lowest BCUT2D eigenvalue weighted by atomic mass is 10.1. The number of aromatic nitrogens is 1. The minimum absolute atomic E-state index is 0.596. The number of aryl methyl sites for hydroxylation is 1. The van der Waals surface area contributed by atoms with E-state index in [1.165, 1.54) is 11.3 Å². The molecular formula is C12H14N2OS. The zero-order valence-electron chi connectivity index (χ0n) is 9.36. The lowest BCUT2D eigenvalue weighted by Crippen LogP contribution is -1.93. The molecule has 0 saturated carbocycles. The van der Waals surface area contributed by atoms with E-state index in [-0.39, 0.29) is 0 Å². The minimum atomic E-state index is 0.596. The molecule has 0 saturated heterocycles. The largest absolute Gasteiger partial charge is 0.493 e. The number of para-hydroxylation sites is 1. The molecule has 0 spiro atoms. The van der Waals surface area contributed by atoms with E-state index in [0.717, 1.165) is 21.9 Å². The molecule has 1 aromatic carbocycles. The second kappa shape index (κ2) is 4.53. The average molecular weight is 234 g/mol. The molecule has 0 unspecified atom stereocenters. The Hall–Kier alpha value is -1.55. The van der Waals surface area contributed by atoms with Crippen LogP contribution in [0, 0.1) is 6.92 Å². The molecule has 0 aliphatic heterocycles. The van der Waals surface area contributed by atoms with Gasteiger partial charge in [0.05, 0.1) is 17.2 Å². The van der Waals surface area contributed by atoms with E-state index in [1.807, 2.05) is 38.1 Å². The molecule has 0 aliphatic carbocycles. The predicted octanol–water partition coefficient (Wildman–Crippen LogP) is 3.10. The number of hydrogen-bond acceptors (Lipinski definition) is 4. The summed E-state index contributed by atoms with van der Waals surface area (Å²) in [5.74, 6) is 0.886. The van der Waals surface area contributed by atoms with Crippen molar-refractivity contribution in [1.29, 1.82) is 0 Å². The number of nitrogen functional groups attached to an aromatic ring is 1. The van der Waals surface area contributed by atoms with Crippen molar-refractivity contribution in [3.63, 3.8) is 0 Å². The highest BCUT2D eigenvalue weighted by Gasteiger charge is 2.12. The first-order chi connectivity index (χ1) is 7.72. The quantitative estimate of drug-likeness (QED) is 0.887. The summed E-state index contributed by atoms with van der Waals surface area (Å²) >= 11 is 1.49. The summed E-state index contributed by atoms with van der Waals surface area (Å²) in [6, 6.07) is 7.96. The maximum atomic E-state index is 5.71. The smallest absolute Gasteiger partial charge is 0.180 e. The molecule has 16 heavy (non-hydrogen) atoms. The van der Waals surface area contributed by atoms with Gasteiger partial charge in [0.2, 0.25) is 0 Å². The zero-order chi connectivity index (χ0) is 11.5. The zero-order valence-corrected chi connectivity index (χ0v) is 10.2. The summed E-state index contributed by atoms with van der Waals surface area (Å²) < 4.78 is 5.59. The van der Waals surface area contributed by atoms with Crippen molar-refractivity contribution in [2.24, 2.45) is 0 Å². The molecule has 2 aromatic rings. The third-order valence-corrected chi connectivity index (χ3v) is 3.26. The predicted molar refractivity (Wildman–Crippen MR) is 67.9 cm³/mol. The standard InChI is InChI=1S/C12H14N2OS/c1-3-15-10-7-5-4-6-9(10)11-8(2)14-12(13)16-11/h4-7H,3H2,1-2H3,(H2,13,14). The fraction of sp³-hybridized carbons (Fsp3) is 0.250. The van der Waals surface area contributed by atoms with Gasteiger partial charge in [-0.2, -0.15) is 0 Å². The van der Waals surface area contributed by atoms with Crippen LogP contribution in [0.15, 0.2) is 24.3 Å². The number of benzene rings is 1. The Morgan fingerprint density at radius 1 is 1.38 bits per heavy atom. The molecule has 0 radical (unpaired) electrons. The van der Waals surface area contributed by atoms with E-state index >= 15 is 0 Å². The molecule has 0 atom stereocenters. The average Bonchev–Trinajstić information content (AvgIpc) is 2.59. The first-order valence-electron chi connectivity index (χ1n) is 5.17. The van der Waals surface area contributed by atoms with Gasteiger partial charge in [0.25, 0.3) is 0 Å². The second-order valence-corrected chi connectivity index (χ2v) is 4.43. The van der Waals surface area contributed by atoms with Gasteiger partial charge < -0.3 is 10.5 Å². The van der Waals surface area contributed by atoms with Crippen LogP contribution in [-0.4, -0.2) is 11.6 Å². The Morgan fingerprint density at radius 2 is 2.12 bits per heavy atom. The summed E-state index contributed by atoms with van der Waals surface area (Å²) in [6.45, 7) is 4.60. The van der Waals surface area contributed by atoms with Crippen LogP contribution in [0.3, 0.4) is 0 Å². The molecule has 0 aliphatic rings. The number of anilines is 1. The summed E-state index contributed by atoms with van der Waals surface area (Å²) in [6.07, 6.45) is 0. The number of rotatable bonds is 3. The highest BCUT2D eigenvalue weighted by molar-refractivity contribution is 7.18. The van der Waals surface area contributed by atoms with Crippen LogP contribution in [0.2, 0.25) is 0 Å². The molecular weight excluding hydrogens is 220 g/mol. The van der Waals surface area contributed by atoms with E-state index in [4.69, 9.17) is 10.5 Å². The normalized spacial score (nSPS) is 10.4. The molecule has 84 valence electrons. The number of ether oxygens (including phenoxy) is 1. The maximum absolute atomic E-state index is 5.71. The highest BCUT2D eigenvalue weighted by atomic mass is 32.1. The second-order valence-electron chi connectivity index (χ2n) is 3.40. The lowest BCUT2D eigenvalue weighted by Gasteiger charge is -2.08. The van der Waals surface area contributed by atoms with Crippen LogP contribution in [0.5, 0.6) is 5.75 Å². The number of nitrogens with zero attached hydrogens (tertiary/aromatic N) is 1. The van der Waals surface area contributed by atoms with Crippen LogP contribution < -0.4 is 10.5 Å². The third kappa shape index (κ3) is 2.02. The van der Waals surface area contributed by atoms with Crippen molar-refractivity contribution in [1.82, 2.24) is 4.98 Å². The first kappa shape index (κ1) is 11.0. The highest BCUT2D eigenvalue weighted by Crippen LogP contribution is 2.37. The Labute approximate surface area is 98.9 Å². The van der Waals surface area contributed by atoms with Gasteiger partial charge in [0.15, 0.2) is 5.13 Å². The van der Waals surface area contributed by atoms with E-state index in [9.17, 15) is 0 Å². The van der Waals surface area contributed by atoms with E-state index in [0.29, 0.717) is 11.7 Å². The van der Waals surface area contributed by atoms with Gasteiger partial charge in [-0.05, 0) is 26.0 Å². The molecule has 1 heterocycles. The monoisotopic (exact) mass is 234 g/mol. The molecule has 2 N–H and O–H groups in total. The lowest BCUT2D eigenvalue weighted by molar-refractivity contribution is 0.341. The van der Waals surface area contributed by atoms with Gasteiger partial charge in [-0.3, -0.25) is 0 Å². The molecule has 3 nitrogen and oxygen atoms in total. The molecule has 1 aromatic heterocycles. The van der Waals surface area contributed by atoms with Crippen molar-refractivity contribution < 1.29 is 4.74 Å². The van der Waals surface area contributed by atoms with Crippen LogP contribution in [0.25, 0.3) is 10.4 Å². The van der Waals surface area contributed by atoms with Crippen molar-refractivity contribution in [3.8, 4) is 16.2 Å². The molecule has 4 heteroatoms. The fourth-order valence-electron chi connectivity index (χ4n) is 1.60. The third-order valence-electron chi connectivity index (χ3n) is 2.24. The maximum Gasteiger partial charge on any atom is 0.180 e. The van der Waals surface area contributed by atoms with Gasteiger partial charge >= 0.3 is 0 Å². The number of thiazole rings is 1. The van der Waals surface area contributed by atoms with Gasteiger partial charge in [-0.1, -0.05) is 23.5 Å². The number of nitrogens with two attached hydrogens (primary N) is 1. The topological polar surface area (TPSA) is 48.1 Å². The number of hydrogen-bond donors (Lipinski definition) is 1. The fourth-order valence-corrected chi connectivity index (χ4v) is 2.47. The summed E-state index contributed by atoms with van der Waals surface area (Å²) in [7, 11) is 0. The Balaban J connectivity index is 2.50. The van der Waals surface area contributed by atoms with Gasteiger partial charge in [0, 0.05) is 5.56 Å². The minimum Gasteiger partial charge on any atom is -0.493 e. The summed E-state index contributed by atoms with van der Waals surface area (Å²) in [4.78, 5) is 5.31. The van der Waals surface area contributed by atoms with Crippen LogP contribution >= 0.6 is 11.3 Å². The van der Waals surface area contributed by atoms with Crippen molar-refractivity contribution in [2.75, 3.05) is 12.3 Å². The molecule has 0 amide bonds. The van der Waals surface area contributed by atoms with E-state index in [1.54, 1.807) is 0 Å². The van der Waals surface area contributed by atoms with E-state index in [2.05, 4.69) is 4.98 Å². The van der Waals surface area contributed by atoms with Crippen molar-refractivity contribution in [2.45, 2.75) is 13.8 Å². The summed E-state index contributed by atoms with van der Waals surface area (Å²) in [5, 5.41) is 0.596. The van der Waals surface area contributed by atoms with Crippen LogP contribution in [0.4, 0.5) is 5.13 Å².